The lowest BCUT2D eigenvalue weighted by Crippen LogP contribution is -2.37. The van der Waals surface area contributed by atoms with E-state index in [9.17, 15) is 0 Å². The average Bonchev–Trinajstić information content (AvgIpc) is 3.32. The Morgan fingerprint density at radius 1 is 1.21 bits per heavy atom. The molecule has 0 saturated carbocycles. The molecule has 4 rings (SSSR count). The van der Waals surface area contributed by atoms with Crippen molar-refractivity contribution in [1.82, 2.24) is 25.1 Å². The molecule has 1 saturated heterocycles. The van der Waals surface area contributed by atoms with E-state index >= 15 is 0 Å². The maximum Gasteiger partial charge on any atom is 0.288 e. The van der Waals surface area contributed by atoms with E-state index in [0.29, 0.717) is 11.6 Å². The average molecular weight is 447 g/mol. The highest BCUT2D eigenvalue weighted by Crippen LogP contribution is 2.34. The summed E-state index contributed by atoms with van der Waals surface area (Å²) in [4.78, 5) is 16.3. The van der Waals surface area contributed by atoms with Crippen molar-refractivity contribution in [1.29, 1.82) is 0 Å². The summed E-state index contributed by atoms with van der Waals surface area (Å²) >= 11 is 0. The number of methoxy groups -OCH3 is 1. The fraction of sp³-hybridized carbons (Fsp3) is 0.417. The number of benzene rings is 1. The van der Waals surface area contributed by atoms with E-state index < -0.39 is 0 Å². The minimum Gasteiger partial charge on any atom is -0.496 e. The lowest BCUT2D eigenvalue weighted by molar-refractivity contribution is 0.195. The third kappa shape index (κ3) is 5.41. The number of aromatic amines is 1. The summed E-state index contributed by atoms with van der Waals surface area (Å²) in [5.41, 5.74) is 2.91. The number of piperidine rings is 1. The van der Waals surface area contributed by atoms with Crippen LogP contribution in [0.2, 0.25) is 0 Å². The van der Waals surface area contributed by atoms with E-state index in [1.165, 1.54) is 38.3 Å². The van der Waals surface area contributed by atoms with Gasteiger partial charge < -0.3 is 24.7 Å². The molecule has 1 aliphatic rings. The lowest BCUT2D eigenvalue weighted by atomic mass is 9.96. The smallest absolute Gasteiger partial charge is 0.288 e. The second-order valence-corrected chi connectivity index (χ2v) is 8.31. The molecule has 1 aromatic carbocycles. The summed E-state index contributed by atoms with van der Waals surface area (Å²) < 4.78 is 5.71. The predicted molar refractivity (Wildman–Crippen MR) is 130 cm³/mol. The molecule has 0 radical (unpaired) electrons. The molecule has 2 aromatic heterocycles. The molecule has 3 aromatic rings. The number of nitrogens with zero attached hydrogens (tertiary/aromatic N) is 6. The highest BCUT2D eigenvalue weighted by atomic mass is 16.5. The number of likely N-dealkylation sites (tertiary alicyclic amines) is 1. The molecular formula is C24H30N8O. The molecular weight excluding hydrogens is 416 g/mol. The fourth-order valence-electron chi connectivity index (χ4n) is 4.22. The molecule has 33 heavy (non-hydrogen) atoms. The Balaban J connectivity index is 1.44. The van der Waals surface area contributed by atoms with Crippen LogP contribution in [0.1, 0.15) is 19.8 Å². The molecule has 0 unspecified atom stereocenters. The van der Waals surface area contributed by atoms with E-state index in [1.54, 1.807) is 7.11 Å². The van der Waals surface area contributed by atoms with E-state index in [0.717, 1.165) is 41.7 Å². The molecule has 9 nitrogen and oxygen atoms in total. The summed E-state index contributed by atoms with van der Waals surface area (Å²) in [6.45, 7) is 13.8. The first-order chi connectivity index (χ1) is 16.1. The van der Waals surface area contributed by atoms with Crippen molar-refractivity contribution in [3.8, 4) is 17.0 Å². The van der Waals surface area contributed by atoms with Crippen LogP contribution in [0.15, 0.2) is 36.7 Å². The van der Waals surface area contributed by atoms with Crippen LogP contribution in [-0.2, 0) is 0 Å². The van der Waals surface area contributed by atoms with Crippen LogP contribution in [-0.4, -0.2) is 65.4 Å². The van der Waals surface area contributed by atoms with Gasteiger partial charge >= 0.3 is 0 Å². The van der Waals surface area contributed by atoms with Crippen LogP contribution in [0.25, 0.3) is 16.1 Å². The topological polar surface area (TPSA) is 86.6 Å². The summed E-state index contributed by atoms with van der Waals surface area (Å²) in [5, 5.41) is 10.5. The van der Waals surface area contributed by atoms with Crippen LogP contribution in [0, 0.1) is 12.5 Å². The van der Waals surface area contributed by atoms with E-state index in [2.05, 4.69) is 72.3 Å². The Hall–Kier alpha value is -3.64. The summed E-state index contributed by atoms with van der Waals surface area (Å²) in [5.74, 6) is 2.89. The van der Waals surface area contributed by atoms with Gasteiger partial charge in [0.2, 0.25) is 0 Å². The number of anilines is 3. The maximum atomic E-state index is 6.96. The van der Waals surface area contributed by atoms with Gasteiger partial charge in [0, 0.05) is 37.0 Å². The predicted octanol–water partition coefficient (Wildman–Crippen LogP) is 4.34. The highest BCUT2D eigenvalue weighted by molar-refractivity contribution is 5.73. The normalized spacial score (nSPS) is 14.6. The van der Waals surface area contributed by atoms with Gasteiger partial charge in [0.15, 0.2) is 17.8 Å². The monoisotopic (exact) mass is 446 g/mol. The van der Waals surface area contributed by atoms with Crippen LogP contribution >= 0.6 is 0 Å². The second kappa shape index (κ2) is 10.3. The van der Waals surface area contributed by atoms with Gasteiger partial charge in [-0.15, -0.1) is 4.98 Å². The Morgan fingerprint density at radius 2 is 2.03 bits per heavy atom. The lowest BCUT2D eigenvalue weighted by Gasteiger charge is -2.34. The van der Waals surface area contributed by atoms with Gasteiger partial charge in [-0.2, -0.15) is 5.10 Å². The van der Waals surface area contributed by atoms with Gasteiger partial charge in [-0.1, -0.05) is 13.5 Å². The molecule has 3 heterocycles. The zero-order chi connectivity index (χ0) is 23.2. The standard InChI is InChI=1S/C24H30N8O/c1-5-32-10-8-17(9-11-32)16-31(3)18-6-7-19(21(12-18)33-4)20-13-22(30-29-20)28-24-15-26-23(25-2)14-27-24/h6-7,12-15,17H,5,8-11,16H2,1,3-4H3,(H2,27,28,29,30). The van der Waals surface area contributed by atoms with Gasteiger partial charge in [0.25, 0.3) is 5.82 Å². The molecule has 1 fully saturated rings. The van der Waals surface area contributed by atoms with Gasteiger partial charge in [-0.25, -0.2) is 4.98 Å². The van der Waals surface area contributed by atoms with Crippen molar-refractivity contribution in [2.45, 2.75) is 19.8 Å². The highest BCUT2D eigenvalue weighted by Gasteiger charge is 2.20. The van der Waals surface area contributed by atoms with Crippen LogP contribution in [0.3, 0.4) is 0 Å². The molecule has 1 aliphatic heterocycles. The third-order valence-corrected chi connectivity index (χ3v) is 6.19. The molecule has 9 heteroatoms. The first-order valence-electron chi connectivity index (χ1n) is 11.2. The number of hydrogen-bond acceptors (Lipinski definition) is 7. The maximum absolute atomic E-state index is 6.96. The minimum atomic E-state index is 0.254. The quantitative estimate of drug-likeness (QED) is 0.498. The second-order valence-electron chi connectivity index (χ2n) is 8.31. The number of hydrogen-bond donors (Lipinski definition) is 2. The van der Waals surface area contributed by atoms with Gasteiger partial charge in [0.1, 0.15) is 5.75 Å². The van der Waals surface area contributed by atoms with Gasteiger partial charge in [-0.3, -0.25) is 5.10 Å². The van der Waals surface area contributed by atoms with Crippen LogP contribution in [0.5, 0.6) is 5.75 Å². The molecule has 0 aliphatic carbocycles. The van der Waals surface area contributed by atoms with Crippen molar-refractivity contribution in [3.05, 3.63) is 48.1 Å². The first-order valence-corrected chi connectivity index (χ1v) is 11.2. The fourth-order valence-corrected chi connectivity index (χ4v) is 4.22. The minimum absolute atomic E-state index is 0.254. The number of nitrogens with one attached hydrogen (secondary N) is 2. The van der Waals surface area contributed by atoms with Crippen LogP contribution in [0.4, 0.5) is 23.1 Å². The summed E-state index contributed by atoms with van der Waals surface area (Å²) in [6.07, 6.45) is 5.44. The molecule has 0 spiro atoms. The van der Waals surface area contributed by atoms with Crippen molar-refractivity contribution in [2.24, 2.45) is 5.92 Å². The Morgan fingerprint density at radius 3 is 2.70 bits per heavy atom. The molecule has 0 amide bonds. The summed E-state index contributed by atoms with van der Waals surface area (Å²) in [6, 6.07) is 8.17. The Kier molecular flexibility index (Phi) is 7.05. The first kappa shape index (κ1) is 22.6. The van der Waals surface area contributed by atoms with Gasteiger partial charge in [-0.05, 0) is 50.5 Å². The van der Waals surface area contributed by atoms with Crippen LogP contribution < -0.4 is 15.0 Å². The number of ether oxygens (including phenoxy) is 1. The number of H-pyrrole nitrogens is 1. The molecule has 0 atom stereocenters. The third-order valence-electron chi connectivity index (χ3n) is 6.19. The largest absolute Gasteiger partial charge is 0.496 e. The van der Waals surface area contributed by atoms with Crippen molar-refractivity contribution in [3.63, 3.8) is 0 Å². The zero-order valence-corrected chi connectivity index (χ0v) is 19.4. The Labute approximate surface area is 194 Å². The number of aromatic nitrogens is 4. The Bertz CT molecular complexity index is 1100. The van der Waals surface area contributed by atoms with Crippen molar-refractivity contribution in [2.75, 3.05) is 50.6 Å². The number of rotatable bonds is 8. The van der Waals surface area contributed by atoms with E-state index in [-0.39, 0.29) is 5.82 Å². The zero-order valence-electron chi connectivity index (χ0n) is 19.4. The van der Waals surface area contributed by atoms with Crippen molar-refractivity contribution < 1.29 is 4.74 Å². The SMILES string of the molecule is [C-]#[N+]c1cnc(Nc2cc(-c3ccc(N(C)CC4CCN(CC)CC4)cc3OC)[nH]n2)cn1. The van der Waals surface area contributed by atoms with Crippen molar-refractivity contribution >= 4 is 23.1 Å². The molecule has 2 N–H and O–H groups in total. The van der Waals surface area contributed by atoms with Gasteiger partial charge in [0.05, 0.1) is 19.0 Å². The molecule has 172 valence electrons. The molecule has 0 bridgehead atoms. The van der Waals surface area contributed by atoms with E-state index in [1.807, 2.05) is 6.07 Å². The summed E-state index contributed by atoms with van der Waals surface area (Å²) in [7, 11) is 3.84. The van der Waals surface area contributed by atoms with E-state index in [4.69, 9.17) is 11.3 Å².